The van der Waals surface area contributed by atoms with E-state index < -0.39 is 17.8 Å². The first-order chi connectivity index (χ1) is 15.3. The van der Waals surface area contributed by atoms with E-state index in [1.807, 2.05) is 0 Å². The number of halogens is 2. The Morgan fingerprint density at radius 1 is 1.22 bits per heavy atom. The Kier molecular flexibility index (Phi) is 7.14. The van der Waals surface area contributed by atoms with Crippen LogP contribution in [0.5, 0.6) is 11.5 Å². The van der Waals surface area contributed by atoms with Gasteiger partial charge in [-0.05, 0) is 48.7 Å². The van der Waals surface area contributed by atoms with Crippen LogP contribution in [0.15, 0.2) is 35.4 Å². The Balaban J connectivity index is 1.79. The number of hydrogen-bond acceptors (Lipinski definition) is 8. The van der Waals surface area contributed by atoms with E-state index in [9.17, 15) is 14.4 Å². The van der Waals surface area contributed by atoms with Crippen LogP contribution < -0.4 is 21.2 Å². The molecular weight excluding hydrogens is 461 g/mol. The number of anilines is 1. The highest BCUT2D eigenvalue weighted by molar-refractivity contribution is 6.44. The first-order valence-corrected chi connectivity index (χ1v) is 9.87. The molecule has 0 unspecified atom stereocenters. The molecule has 0 aliphatic carbocycles. The van der Waals surface area contributed by atoms with Gasteiger partial charge in [-0.2, -0.15) is 10.4 Å². The monoisotopic (exact) mass is 475 g/mol. The fourth-order valence-corrected chi connectivity index (χ4v) is 3.42. The van der Waals surface area contributed by atoms with Crippen LogP contribution in [0.3, 0.4) is 0 Å². The normalized spacial score (nSPS) is 13.2. The molecule has 4 N–H and O–H groups in total. The summed E-state index contributed by atoms with van der Waals surface area (Å²) in [5, 5.41) is 15.6. The van der Waals surface area contributed by atoms with E-state index in [4.69, 9.17) is 38.9 Å². The molecule has 1 aliphatic heterocycles. The number of primary amides is 1. The Morgan fingerprint density at radius 3 is 2.59 bits per heavy atom. The van der Waals surface area contributed by atoms with Gasteiger partial charge < -0.3 is 20.5 Å². The van der Waals surface area contributed by atoms with E-state index in [-0.39, 0.29) is 27.4 Å². The number of rotatable bonds is 5. The fraction of sp³-hybridized carbons (Fsp3) is 0.150. The van der Waals surface area contributed by atoms with E-state index in [1.54, 1.807) is 18.2 Å². The van der Waals surface area contributed by atoms with Crippen molar-refractivity contribution in [1.82, 2.24) is 5.32 Å². The maximum Gasteiger partial charge on any atom is 0.412 e. The minimum Gasteiger partial charge on any atom is -0.454 e. The van der Waals surface area contributed by atoms with Crippen molar-refractivity contribution in [3.63, 3.8) is 0 Å². The van der Waals surface area contributed by atoms with Gasteiger partial charge in [-0.1, -0.05) is 23.2 Å². The second kappa shape index (κ2) is 10.00. The van der Waals surface area contributed by atoms with E-state index in [0.717, 1.165) is 12.0 Å². The number of nitrogens with zero attached hydrogens (tertiary/aromatic N) is 2. The molecule has 2 aromatic rings. The number of amides is 2. The SMILES string of the molecule is N#CC(=NNc1cc(Cl)c(Oc2ccc3c(c2)CCCNC3=O)c(Cl)c1)C(=O)OC(N)=O. The number of fused-ring (bicyclic) bond motifs is 1. The summed E-state index contributed by atoms with van der Waals surface area (Å²) in [5.41, 5.74) is 8.07. The van der Waals surface area contributed by atoms with Crippen LogP contribution in [0.4, 0.5) is 10.5 Å². The van der Waals surface area contributed by atoms with Gasteiger partial charge in [-0.15, -0.1) is 0 Å². The zero-order valence-electron chi connectivity index (χ0n) is 16.3. The number of carbonyl (C=O) groups is 3. The third-order valence-electron chi connectivity index (χ3n) is 4.24. The molecule has 1 aliphatic rings. The Morgan fingerprint density at radius 2 is 1.94 bits per heavy atom. The summed E-state index contributed by atoms with van der Waals surface area (Å²) in [6, 6.07) is 9.34. The summed E-state index contributed by atoms with van der Waals surface area (Å²) in [4.78, 5) is 34.2. The lowest BCUT2D eigenvalue weighted by Crippen LogP contribution is -2.24. The predicted molar refractivity (Wildman–Crippen MR) is 116 cm³/mol. The lowest BCUT2D eigenvalue weighted by atomic mass is 10.0. The van der Waals surface area contributed by atoms with Crippen molar-refractivity contribution in [2.24, 2.45) is 10.8 Å². The average molecular weight is 476 g/mol. The van der Waals surface area contributed by atoms with Gasteiger partial charge in [0.2, 0.25) is 5.71 Å². The van der Waals surface area contributed by atoms with Crippen molar-refractivity contribution >= 4 is 52.6 Å². The topological polar surface area (TPSA) is 156 Å². The lowest BCUT2D eigenvalue weighted by molar-refractivity contribution is -0.129. The molecule has 0 spiro atoms. The molecule has 12 heteroatoms. The van der Waals surface area contributed by atoms with Gasteiger partial charge in [0.25, 0.3) is 5.91 Å². The first-order valence-electron chi connectivity index (χ1n) is 9.12. The van der Waals surface area contributed by atoms with Crippen LogP contribution in [0, 0.1) is 11.3 Å². The molecule has 0 saturated carbocycles. The zero-order chi connectivity index (χ0) is 23.3. The number of esters is 1. The van der Waals surface area contributed by atoms with Gasteiger partial charge in [0, 0.05) is 12.1 Å². The molecular formula is C20H15Cl2N5O5. The molecule has 3 rings (SSSR count). The molecule has 0 fully saturated rings. The Hall–Kier alpha value is -3.81. The minimum absolute atomic E-state index is 0.112. The zero-order valence-corrected chi connectivity index (χ0v) is 17.8. The first kappa shape index (κ1) is 22.9. The molecule has 0 bridgehead atoms. The van der Waals surface area contributed by atoms with Gasteiger partial charge in [0.15, 0.2) is 5.75 Å². The van der Waals surface area contributed by atoms with E-state index in [0.29, 0.717) is 24.3 Å². The largest absolute Gasteiger partial charge is 0.454 e. The smallest absolute Gasteiger partial charge is 0.412 e. The summed E-state index contributed by atoms with van der Waals surface area (Å²) in [6.45, 7) is 0.603. The number of ether oxygens (including phenoxy) is 2. The van der Waals surface area contributed by atoms with Gasteiger partial charge in [-0.25, -0.2) is 9.59 Å². The van der Waals surface area contributed by atoms with Gasteiger partial charge in [-0.3, -0.25) is 10.2 Å². The Labute approximate surface area is 191 Å². The number of nitrogens with one attached hydrogen (secondary N) is 2. The number of hydrazone groups is 1. The number of benzene rings is 2. The number of hydrogen-bond donors (Lipinski definition) is 3. The van der Waals surface area contributed by atoms with Crippen molar-refractivity contribution in [1.29, 1.82) is 5.26 Å². The molecule has 0 aromatic heterocycles. The number of carbonyl (C=O) groups excluding carboxylic acids is 3. The number of aryl methyl sites for hydroxylation is 1. The van der Waals surface area contributed by atoms with Gasteiger partial charge >= 0.3 is 12.1 Å². The van der Waals surface area contributed by atoms with Crippen LogP contribution in [-0.2, 0) is 16.0 Å². The second-order valence-corrected chi connectivity index (χ2v) is 7.26. The lowest BCUT2D eigenvalue weighted by Gasteiger charge is -2.13. The van der Waals surface area contributed by atoms with E-state index in [2.05, 4.69) is 20.6 Å². The van der Waals surface area contributed by atoms with Crippen molar-refractivity contribution < 1.29 is 23.9 Å². The van der Waals surface area contributed by atoms with Crippen LogP contribution in [0.1, 0.15) is 22.3 Å². The number of nitriles is 1. The second-order valence-electron chi connectivity index (χ2n) is 6.44. The van der Waals surface area contributed by atoms with Crippen molar-refractivity contribution in [3.8, 4) is 17.6 Å². The molecule has 1 heterocycles. The summed E-state index contributed by atoms with van der Waals surface area (Å²) in [7, 11) is 0. The maximum atomic E-state index is 12.1. The van der Waals surface area contributed by atoms with Crippen molar-refractivity contribution in [2.75, 3.05) is 12.0 Å². The van der Waals surface area contributed by atoms with E-state index in [1.165, 1.54) is 18.2 Å². The van der Waals surface area contributed by atoms with Crippen LogP contribution in [0.25, 0.3) is 0 Å². The molecule has 2 aromatic carbocycles. The molecule has 0 saturated heterocycles. The quantitative estimate of drug-likeness (QED) is 0.259. The van der Waals surface area contributed by atoms with Crippen LogP contribution in [0.2, 0.25) is 10.0 Å². The van der Waals surface area contributed by atoms with E-state index >= 15 is 0 Å². The predicted octanol–water partition coefficient (Wildman–Crippen LogP) is 3.38. The molecule has 0 radical (unpaired) electrons. The van der Waals surface area contributed by atoms with Crippen LogP contribution >= 0.6 is 23.2 Å². The highest BCUT2D eigenvalue weighted by Crippen LogP contribution is 2.39. The molecule has 2 amide bonds. The molecule has 32 heavy (non-hydrogen) atoms. The highest BCUT2D eigenvalue weighted by Gasteiger charge is 2.18. The van der Waals surface area contributed by atoms with Gasteiger partial charge in [0.05, 0.1) is 15.7 Å². The third-order valence-corrected chi connectivity index (χ3v) is 4.80. The maximum absolute atomic E-state index is 12.1. The molecule has 164 valence electrons. The summed E-state index contributed by atoms with van der Waals surface area (Å²) in [5.74, 6) is -0.842. The summed E-state index contributed by atoms with van der Waals surface area (Å²) < 4.78 is 9.92. The van der Waals surface area contributed by atoms with Crippen molar-refractivity contribution in [2.45, 2.75) is 12.8 Å². The highest BCUT2D eigenvalue weighted by atomic mass is 35.5. The Bertz CT molecular complexity index is 1150. The van der Waals surface area contributed by atoms with Crippen LogP contribution in [-0.4, -0.2) is 30.2 Å². The minimum atomic E-state index is -1.37. The molecule has 0 atom stereocenters. The van der Waals surface area contributed by atoms with Gasteiger partial charge in [0.1, 0.15) is 11.8 Å². The summed E-state index contributed by atoms with van der Waals surface area (Å²) >= 11 is 12.6. The third kappa shape index (κ3) is 5.46. The number of nitrogens with two attached hydrogens (primary N) is 1. The molecule has 10 nitrogen and oxygen atoms in total. The standard InChI is InChI=1S/C20H15Cl2N5O5/c21-14-7-11(26-27-16(9-23)19(29)32-20(24)30)8-15(22)17(14)31-12-3-4-13-10(6-12)2-1-5-25-18(13)28/h3-4,6-8,26H,1-2,5H2,(H2,24,30)(H,25,28). The summed E-state index contributed by atoms with van der Waals surface area (Å²) in [6.07, 6.45) is 0.152. The fourth-order valence-electron chi connectivity index (χ4n) is 2.85. The average Bonchev–Trinajstić information content (AvgIpc) is 2.91. The van der Waals surface area contributed by atoms with Crippen molar-refractivity contribution in [3.05, 3.63) is 51.5 Å².